The van der Waals surface area contributed by atoms with Crippen LogP contribution < -0.4 is 0 Å². The summed E-state index contributed by atoms with van der Waals surface area (Å²) in [6, 6.07) is 20.7. The van der Waals surface area contributed by atoms with Crippen LogP contribution in [0.3, 0.4) is 0 Å². The maximum absolute atomic E-state index is 11.7. The molecule has 3 aromatic carbocycles. The summed E-state index contributed by atoms with van der Waals surface area (Å²) in [5.41, 5.74) is 10.2. The zero-order valence-electron chi connectivity index (χ0n) is 30.2. The van der Waals surface area contributed by atoms with E-state index >= 15 is 0 Å². The fraction of sp³-hybridized carbons (Fsp3) is 0.500. The van der Waals surface area contributed by atoms with E-state index < -0.39 is 0 Å². The Labute approximate surface area is 288 Å². The molecule has 0 aromatic heterocycles. The van der Waals surface area contributed by atoms with E-state index in [-0.39, 0.29) is 60.2 Å². The first-order valence-electron chi connectivity index (χ1n) is 16.1. The van der Waals surface area contributed by atoms with Crippen molar-refractivity contribution >= 4 is 0 Å². The second-order valence-corrected chi connectivity index (χ2v) is 14.4. The summed E-state index contributed by atoms with van der Waals surface area (Å²) >= 11 is 0. The number of phenolic OH excluding ortho intramolecular Hbond substituents is 1. The first kappa shape index (κ1) is 42.2. The molecule has 241 valence electrons. The van der Waals surface area contributed by atoms with Gasteiger partial charge in [-0.2, -0.15) is 0 Å². The summed E-state index contributed by atoms with van der Waals surface area (Å²) in [5, 5.41) is 11.7. The van der Waals surface area contributed by atoms with Crippen molar-refractivity contribution in [2.75, 3.05) is 0 Å². The Morgan fingerprint density at radius 1 is 0.591 bits per heavy atom. The zero-order valence-corrected chi connectivity index (χ0v) is 31.8. The molecule has 1 nitrogen and oxygen atoms in total. The molecule has 0 saturated heterocycles. The van der Waals surface area contributed by atoms with Crippen LogP contribution in [0.2, 0.25) is 0 Å². The molecule has 44 heavy (non-hydrogen) atoms. The Morgan fingerprint density at radius 2 is 1.14 bits per heavy atom. The van der Waals surface area contributed by atoms with Gasteiger partial charge in [0.1, 0.15) is 5.75 Å². The Morgan fingerprint density at radius 3 is 1.66 bits per heavy atom. The van der Waals surface area contributed by atoms with E-state index in [2.05, 4.69) is 110 Å². The summed E-state index contributed by atoms with van der Waals surface area (Å²) in [6.45, 7) is 18.0. The molecule has 0 saturated carbocycles. The average molecular weight is 632 g/mol. The molecular formula is C42H63OTi. The van der Waals surface area contributed by atoms with Crippen LogP contribution in [0.25, 0.3) is 22.3 Å². The minimum Gasteiger partial charge on any atom is -0.507 e. The molecule has 1 aliphatic rings. The van der Waals surface area contributed by atoms with Crippen molar-refractivity contribution in [3.8, 4) is 28.0 Å². The number of hydrogen-bond donors (Lipinski definition) is 1. The number of fused-ring (bicyclic) bond motifs is 3. The molecule has 0 heterocycles. The molecule has 0 unspecified atom stereocenters. The third kappa shape index (κ3) is 8.70. The van der Waals surface area contributed by atoms with E-state index in [1.165, 1.54) is 92.0 Å². The van der Waals surface area contributed by atoms with Crippen molar-refractivity contribution in [1.82, 2.24) is 0 Å². The zero-order chi connectivity index (χ0) is 29.1. The predicted octanol–water partition coefficient (Wildman–Crippen LogP) is 13.2. The van der Waals surface area contributed by atoms with Crippen LogP contribution in [0.15, 0.2) is 54.6 Å². The number of phenols is 1. The monoisotopic (exact) mass is 631 g/mol. The fourth-order valence-corrected chi connectivity index (χ4v) is 6.85. The molecule has 0 bridgehead atoms. The van der Waals surface area contributed by atoms with Crippen molar-refractivity contribution in [2.45, 2.75) is 136 Å². The Balaban J connectivity index is 0.00000462. The van der Waals surface area contributed by atoms with E-state index in [0.717, 1.165) is 16.7 Å². The molecule has 1 N–H and O–H groups in total. The van der Waals surface area contributed by atoms with Crippen LogP contribution in [-0.2, 0) is 38.0 Å². The normalized spacial score (nSPS) is 13.0. The SMILES string of the molecule is CCCCCCC1(CCCCCC)c2ccccc2-c2ccc(-c3cc(C(C)(C)C)cc(C(C)(C)C)c3O)cc21.[CH3-].[CH3-].[CH3-].[Ti+3]. The largest absolute Gasteiger partial charge is 3.00 e. The van der Waals surface area contributed by atoms with Gasteiger partial charge >= 0.3 is 21.7 Å². The topological polar surface area (TPSA) is 20.2 Å². The molecule has 0 aliphatic heterocycles. The van der Waals surface area contributed by atoms with Crippen LogP contribution in [0.1, 0.15) is 142 Å². The molecule has 0 amide bonds. The number of benzene rings is 3. The quantitative estimate of drug-likeness (QED) is 0.127. The predicted molar refractivity (Wildman–Crippen MR) is 194 cm³/mol. The molecule has 1 aliphatic carbocycles. The third-order valence-electron chi connectivity index (χ3n) is 9.28. The molecule has 0 atom stereocenters. The Bertz CT molecular complexity index is 1290. The first-order chi connectivity index (χ1) is 18.9. The van der Waals surface area contributed by atoms with E-state index in [0.29, 0.717) is 5.75 Å². The summed E-state index contributed by atoms with van der Waals surface area (Å²) < 4.78 is 0. The van der Waals surface area contributed by atoms with Gasteiger partial charge in [-0.05, 0) is 69.2 Å². The van der Waals surface area contributed by atoms with Gasteiger partial charge < -0.3 is 27.4 Å². The van der Waals surface area contributed by atoms with E-state index in [9.17, 15) is 5.11 Å². The summed E-state index contributed by atoms with van der Waals surface area (Å²) in [6.07, 6.45) is 12.7. The minimum absolute atomic E-state index is 0. The summed E-state index contributed by atoms with van der Waals surface area (Å²) in [5.74, 6) is 0.437. The van der Waals surface area contributed by atoms with Gasteiger partial charge in [-0.1, -0.05) is 149 Å². The minimum atomic E-state index is -0.143. The van der Waals surface area contributed by atoms with E-state index in [4.69, 9.17) is 0 Å². The van der Waals surface area contributed by atoms with Gasteiger partial charge in [0.2, 0.25) is 0 Å². The molecule has 3 aromatic rings. The third-order valence-corrected chi connectivity index (χ3v) is 9.28. The first-order valence-corrected chi connectivity index (χ1v) is 16.1. The van der Waals surface area contributed by atoms with Crippen LogP contribution in [-0.4, -0.2) is 5.11 Å². The van der Waals surface area contributed by atoms with E-state index in [1.807, 2.05) is 0 Å². The maximum atomic E-state index is 11.7. The van der Waals surface area contributed by atoms with Gasteiger partial charge in [0.15, 0.2) is 0 Å². The number of unbranched alkanes of at least 4 members (excludes halogenated alkanes) is 6. The standard InChI is InChI=1S/C39H54O.3CH3.Ti/c1-9-11-13-17-23-39(24-18-14-12-10-2)33-20-16-15-19-30(33)31-22-21-28(25-34(31)39)32-26-29(37(3,4)5)27-35(36(32)40)38(6,7)8;;;;/h15-16,19-22,25-27,40H,9-14,17-18,23-24H2,1-8H3;3*1H3;/q;3*-1;+3. The molecule has 0 spiro atoms. The Hall–Kier alpha value is -1.83. The second-order valence-electron chi connectivity index (χ2n) is 14.4. The van der Waals surface area contributed by atoms with E-state index in [1.54, 1.807) is 0 Å². The van der Waals surface area contributed by atoms with Crippen molar-refractivity contribution < 1.29 is 26.8 Å². The van der Waals surface area contributed by atoms with Gasteiger partial charge in [-0.25, -0.2) is 0 Å². The molecule has 0 fully saturated rings. The van der Waals surface area contributed by atoms with Crippen molar-refractivity contribution in [2.24, 2.45) is 0 Å². The van der Waals surface area contributed by atoms with Crippen molar-refractivity contribution in [1.29, 1.82) is 0 Å². The summed E-state index contributed by atoms with van der Waals surface area (Å²) in [7, 11) is 0. The number of rotatable bonds is 11. The molecule has 1 radical (unpaired) electrons. The summed E-state index contributed by atoms with van der Waals surface area (Å²) in [4.78, 5) is 0. The second kappa shape index (κ2) is 17.2. The smallest absolute Gasteiger partial charge is 0.507 e. The van der Waals surface area contributed by atoms with Crippen LogP contribution in [0, 0.1) is 22.3 Å². The van der Waals surface area contributed by atoms with Crippen molar-refractivity contribution in [3.05, 3.63) is 99.1 Å². The molecular weight excluding hydrogens is 568 g/mol. The number of aromatic hydroxyl groups is 1. The van der Waals surface area contributed by atoms with Gasteiger partial charge in [-0.3, -0.25) is 0 Å². The van der Waals surface area contributed by atoms with Crippen LogP contribution >= 0.6 is 0 Å². The number of hydrogen-bond acceptors (Lipinski definition) is 1. The van der Waals surface area contributed by atoms with Gasteiger partial charge in [0.05, 0.1) is 0 Å². The Kier molecular flexibility index (Phi) is 16.5. The van der Waals surface area contributed by atoms with Gasteiger partial charge in [-0.15, -0.1) is 0 Å². The molecule has 2 heteroatoms. The van der Waals surface area contributed by atoms with Crippen LogP contribution in [0.4, 0.5) is 0 Å². The van der Waals surface area contributed by atoms with Gasteiger partial charge in [0.25, 0.3) is 0 Å². The maximum Gasteiger partial charge on any atom is 3.00 e. The van der Waals surface area contributed by atoms with Gasteiger partial charge in [0, 0.05) is 16.5 Å². The van der Waals surface area contributed by atoms with Crippen molar-refractivity contribution in [3.63, 3.8) is 0 Å². The average Bonchev–Trinajstić information content (AvgIpc) is 3.17. The fourth-order valence-electron chi connectivity index (χ4n) is 6.85. The molecule has 4 rings (SSSR count). The van der Waals surface area contributed by atoms with Crippen LogP contribution in [0.5, 0.6) is 5.75 Å².